The summed E-state index contributed by atoms with van der Waals surface area (Å²) in [5, 5.41) is 0.0350. The number of hydrogen-bond acceptors (Lipinski definition) is 6. The van der Waals surface area contributed by atoms with Crippen LogP contribution in [0.25, 0.3) is 0 Å². The first kappa shape index (κ1) is 25.1. The van der Waals surface area contributed by atoms with Gasteiger partial charge in [-0.3, -0.25) is 4.79 Å². The number of piperidine rings is 1. The number of sulfonamides is 1. The monoisotopic (exact) mass is 490 g/mol. The van der Waals surface area contributed by atoms with E-state index in [1.165, 1.54) is 19.1 Å². The second-order valence-electron chi connectivity index (χ2n) is 8.23. The van der Waals surface area contributed by atoms with Crippen LogP contribution in [0.2, 0.25) is 0 Å². The van der Waals surface area contributed by atoms with Gasteiger partial charge in [0.15, 0.2) is 5.03 Å². The van der Waals surface area contributed by atoms with Gasteiger partial charge < -0.3 is 9.47 Å². The summed E-state index contributed by atoms with van der Waals surface area (Å²) in [6.45, 7) is 7.98. The number of carbonyl (C=O) groups is 1. The van der Waals surface area contributed by atoms with Crippen LogP contribution < -0.4 is 0 Å². The van der Waals surface area contributed by atoms with Gasteiger partial charge in [0.25, 0.3) is 20.2 Å². The molecule has 2 fully saturated rings. The minimum atomic E-state index is -3.68. The Bertz CT molecular complexity index is 999. The van der Waals surface area contributed by atoms with E-state index in [0.717, 1.165) is 0 Å². The molecule has 2 aliphatic heterocycles. The second-order valence-corrected chi connectivity index (χ2v) is 12.0. The van der Waals surface area contributed by atoms with Crippen molar-refractivity contribution in [3.8, 4) is 0 Å². The van der Waals surface area contributed by atoms with E-state index in [-0.39, 0.29) is 43.0 Å². The molecule has 13 heteroatoms. The average molecular weight is 491 g/mol. The van der Waals surface area contributed by atoms with Crippen molar-refractivity contribution in [2.24, 2.45) is 13.0 Å². The Morgan fingerprint density at radius 2 is 1.56 bits per heavy atom. The smallest absolute Gasteiger partial charge is 0.282 e. The van der Waals surface area contributed by atoms with Crippen LogP contribution in [0.3, 0.4) is 0 Å². The first-order chi connectivity index (χ1) is 15.0. The van der Waals surface area contributed by atoms with E-state index in [1.54, 1.807) is 23.4 Å². The molecular weight excluding hydrogens is 456 g/mol. The molecule has 0 aliphatic carbocycles. The highest BCUT2D eigenvalue weighted by Gasteiger charge is 2.37. The van der Waals surface area contributed by atoms with Crippen LogP contribution in [0.1, 0.15) is 32.5 Å². The highest BCUT2D eigenvalue weighted by Crippen LogP contribution is 2.25. The molecule has 0 bridgehead atoms. The van der Waals surface area contributed by atoms with Gasteiger partial charge in [-0.05, 0) is 19.8 Å². The van der Waals surface area contributed by atoms with Gasteiger partial charge in [0.05, 0.1) is 0 Å². The van der Waals surface area contributed by atoms with Gasteiger partial charge in [-0.1, -0.05) is 13.8 Å². The van der Waals surface area contributed by atoms with Crippen LogP contribution >= 0.6 is 0 Å². The summed E-state index contributed by atoms with van der Waals surface area (Å²) in [6.07, 6.45) is 2.40. The lowest BCUT2D eigenvalue weighted by Gasteiger charge is -2.38. The lowest BCUT2D eigenvalue weighted by molar-refractivity contribution is -0.138. The van der Waals surface area contributed by atoms with E-state index in [1.807, 2.05) is 13.8 Å². The molecular formula is C19H34N6O5S2. The van der Waals surface area contributed by atoms with Crippen molar-refractivity contribution in [2.45, 2.75) is 38.6 Å². The molecule has 1 aromatic rings. The number of rotatable bonds is 7. The maximum absolute atomic E-state index is 13.0. The zero-order valence-electron chi connectivity index (χ0n) is 19.3. The highest BCUT2D eigenvalue weighted by molar-refractivity contribution is 7.89. The quantitative estimate of drug-likeness (QED) is 0.525. The van der Waals surface area contributed by atoms with Gasteiger partial charge in [-0.15, -0.1) is 0 Å². The van der Waals surface area contributed by atoms with Crippen molar-refractivity contribution in [3.63, 3.8) is 0 Å². The van der Waals surface area contributed by atoms with E-state index in [9.17, 15) is 21.6 Å². The lowest BCUT2D eigenvalue weighted by atomic mass is 9.96. The van der Waals surface area contributed by atoms with E-state index < -0.39 is 20.2 Å². The minimum Gasteiger partial charge on any atom is -0.340 e. The largest absolute Gasteiger partial charge is 0.340 e. The molecule has 182 valence electrons. The summed E-state index contributed by atoms with van der Waals surface area (Å²) in [5.41, 5.74) is 0. The van der Waals surface area contributed by atoms with E-state index in [4.69, 9.17) is 0 Å². The van der Waals surface area contributed by atoms with E-state index in [2.05, 4.69) is 4.98 Å². The predicted octanol–water partition coefficient (Wildman–Crippen LogP) is -0.140. The molecule has 0 N–H and O–H groups in total. The third kappa shape index (κ3) is 4.86. The molecule has 2 saturated heterocycles. The lowest BCUT2D eigenvalue weighted by Crippen LogP contribution is -2.55. The normalized spacial score (nSPS) is 20.2. The number of nitrogens with zero attached hydrogens (tertiary/aromatic N) is 6. The Labute approximate surface area is 191 Å². The number of imidazole rings is 1. The molecule has 1 aromatic heterocycles. The molecule has 0 spiro atoms. The first-order valence-corrected chi connectivity index (χ1v) is 13.9. The molecule has 0 radical (unpaired) electrons. The maximum atomic E-state index is 13.0. The van der Waals surface area contributed by atoms with Crippen LogP contribution in [-0.4, -0.2) is 102 Å². The Hall–Kier alpha value is -1.54. The fourth-order valence-corrected chi connectivity index (χ4v) is 7.34. The van der Waals surface area contributed by atoms with Crippen molar-refractivity contribution in [2.75, 3.05) is 52.4 Å². The van der Waals surface area contributed by atoms with Crippen molar-refractivity contribution >= 4 is 26.1 Å². The van der Waals surface area contributed by atoms with Crippen molar-refractivity contribution < 1.29 is 21.6 Å². The molecule has 3 heterocycles. The van der Waals surface area contributed by atoms with Crippen LogP contribution in [0.4, 0.5) is 0 Å². The second kappa shape index (κ2) is 9.75. The fraction of sp³-hybridized carbons (Fsp3) is 0.789. The Morgan fingerprint density at radius 1 is 1.00 bits per heavy atom. The molecule has 3 rings (SSSR count). The molecule has 0 unspecified atom stereocenters. The zero-order valence-corrected chi connectivity index (χ0v) is 20.9. The molecule has 0 atom stereocenters. The SMILES string of the molecule is CCN(CC)S(=O)(=O)N1CCN(C(=O)C2CCN(S(=O)(=O)c3cn(C)c(C)n3)CC2)CC1. The molecule has 32 heavy (non-hydrogen) atoms. The number of aromatic nitrogens is 2. The Balaban J connectivity index is 1.55. The molecule has 2 aliphatic rings. The minimum absolute atomic E-state index is 0.0179. The van der Waals surface area contributed by atoms with Crippen LogP contribution in [0, 0.1) is 12.8 Å². The van der Waals surface area contributed by atoms with Gasteiger partial charge in [0.2, 0.25) is 5.91 Å². The molecule has 11 nitrogen and oxygen atoms in total. The van der Waals surface area contributed by atoms with Crippen LogP contribution in [0.15, 0.2) is 11.2 Å². The highest BCUT2D eigenvalue weighted by atomic mass is 32.2. The van der Waals surface area contributed by atoms with Crippen molar-refractivity contribution in [3.05, 3.63) is 12.0 Å². The summed E-state index contributed by atoms with van der Waals surface area (Å²) < 4.78 is 57.0. The third-order valence-electron chi connectivity index (χ3n) is 6.40. The maximum Gasteiger partial charge on any atom is 0.282 e. The summed E-state index contributed by atoms with van der Waals surface area (Å²) in [4.78, 5) is 18.8. The molecule has 0 saturated carbocycles. The van der Waals surface area contributed by atoms with Crippen molar-refractivity contribution in [1.82, 2.24) is 27.4 Å². The summed E-state index contributed by atoms with van der Waals surface area (Å²) >= 11 is 0. The molecule has 1 amide bonds. The average Bonchev–Trinajstić information content (AvgIpc) is 3.13. The van der Waals surface area contributed by atoms with Crippen LogP contribution in [-0.2, 0) is 32.1 Å². The number of hydrogen-bond donors (Lipinski definition) is 0. The van der Waals surface area contributed by atoms with Gasteiger partial charge in [0, 0.05) is 71.5 Å². The predicted molar refractivity (Wildman–Crippen MR) is 119 cm³/mol. The van der Waals surface area contributed by atoms with Gasteiger partial charge in [0.1, 0.15) is 5.82 Å². The number of amides is 1. The Kier molecular flexibility index (Phi) is 7.65. The van der Waals surface area contributed by atoms with E-state index in [0.29, 0.717) is 44.8 Å². The molecule has 0 aromatic carbocycles. The zero-order chi connectivity index (χ0) is 23.7. The summed E-state index contributed by atoms with van der Waals surface area (Å²) in [5.74, 6) is 0.351. The number of piperazine rings is 1. The third-order valence-corrected chi connectivity index (χ3v) is 10.4. The Morgan fingerprint density at radius 3 is 2.03 bits per heavy atom. The van der Waals surface area contributed by atoms with Crippen molar-refractivity contribution in [1.29, 1.82) is 0 Å². The van der Waals surface area contributed by atoms with E-state index >= 15 is 0 Å². The summed E-state index contributed by atoms with van der Waals surface area (Å²) in [6, 6.07) is 0. The van der Waals surface area contributed by atoms with Gasteiger partial charge >= 0.3 is 0 Å². The van der Waals surface area contributed by atoms with Crippen LogP contribution in [0.5, 0.6) is 0 Å². The number of aryl methyl sites for hydroxylation is 2. The summed E-state index contributed by atoms with van der Waals surface area (Å²) in [7, 11) is -5.43. The first-order valence-electron chi connectivity index (χ1n) is 11.1. The fourth-order valence-electron chi connectivity index (χ4n) is 4.24. The van der Waals surface area contributed by atoms with Gasteiger partial charge in [-0.2, -0.15) is 21.3 Å². The van der Waals surface area contributed by atoms with Gasteiger partial charge in [-0.25, -0.2) is 13.4 Å². The standard InChI is InChI=1S/C19H34N6O5S2/c1-5-23(6-2)32(29,30)25-13-11-22(12-14-25)19(26)17-7-9-24(10-8-17)31(27,28)18-15-21(4)16(3)20-18/h15,17H,5-14H2,1-4H3. The topological polar surface area (TPSA) is 116 Å². The number of carbonyl (C=O) groups excluding carboxylic acids is 1.